The zero-order valence-corrected chi connectivity index (χ0v) is 11.6. The summed E-state index contributed by atoms with van der Waals surface area (Å²) in [6.45, 7) is 0. The normalized spacial score (nSPS) is 10.2. The molecule has 4 nitrogen and oxygen atoms in total. The Balaban J connectivity index is 2.44. The van der Waals surface area contributed by atoms with E-state index >= 15 is 0 Å². The van der Waals surface area contributed by atoms with Gasteiger partial charge in [0.05, 0.1) is 21.8 Å². The van der Waals surface area contributed by atoms with E-state index in [0.29, 0.717) is 10.6 Å². The second-order valence-corrected chi connectivity index (χ2v) is 5.09. The van der Waals surface area contributed by atoms with E-state index in [-0.39, 0.29) is 10.7 Å². The quantitative estimate of drug-likeness (QED) is 0.619. The van der Waals surface area contributed by atoms with Crippen molar-refractivity contribution in [2.75, 3.05) is 7.11 Å². The molecule has 6 heteroatoms. The zero-order chi connectivity index (χ0) is 13.8. The van der Waals surface area contributed by atoms with Crippen LogP contribution in [0.25, 0.3) is 0 Å². The van der Waals surface area contributed by atoms with Crippen LogP contribution in [-0.4, -0.2) is 12.0 Å². The molecule has 0 amide bonds. The van der Waals surface area contributed by atoms with E-state index in [0.717, 1.165) is 4.90 Å². The Kier molecular flexibility index (Phi) is 4.29. The minimum atomic E-state index is -0.472. The lowest BCUT2D eigenvalue weighted by Crippen LogP contribution is -1.92. The highest BCUT2D eigenvalue weighted by molar-refractivity contribution is 7.99. The molecule has 0 radical (unpaired) electrons. The Bertz CT molecular complexity index is 619. The maximum Gasteiger partial charge on any atom is 0.301 e. The van der Waals surface area contributed by atoms with Gasteiger partial charge in [0.2, 0.25) is 0 Å². The first-order chi connectivity index (χ1) is 9.13. The van der Waals surface area contributed by atoms with Gasteiger partial charge in [-0.3, -0.25) is 10.1 Å². The lowest BCUT2D eigenvalue weighted by atomic mass is 10.3. The summed E-state index contributed by atoms with van der Waals surface area (Å²) in [5, 5.41) is 11.2. The summed E-state index contributed by atoms with van der Waals surface area (Å²) in [7, 11) is 1.56. The Morgan fingerprint density at radius 3 is 2.53 bits per heavy atom. The molecule has 0 spiro atoms. The van der Waals surface area contributed by atoms with Gasteiger partial charge in [0.25, 0.3) is 0 Å². The minimum absolute atomic E-state index is 0.0833. The average Bonchev–Trinajstić information content (AvgIpc) is 2.39. The van der Waals surface area contributed by atoms with E-state index in [1.54, 1.807) is 25.3 Å². The fourth-order valence-corrected chi connectivity index (χ4v) is 2.94. The number of nitro benzene ring substituents is 1. The minimum Gasteiger partial charge on any atom is -0.496 e. The molecule has 0 atom stereocenters. The molecule has 0 saturated heterocycles. The van der Waals surface area contributed by atoms with E-state index < -0.39 is 4.92 Å². The molecule has 2 aromatic carbocycles. The number of hydrogen-bond donors (Lipinski definition) is 0. The number of benzene rings is 2. The van der Waals surface area contributed by atoms with Gasteiger partial charge in [-0.2, -0.15) is 0 Å². The molecule has 0 aliphatic rings. The van der Waals surface area contributed by atoms with Gasteiger partial charge < -0.3 is 4.74 Å². The van der Waals surface area contributed by atoms with Crippen molar-refractivity contribution in [2.24, 2.45) is 0 Å². The lowest BCUT2D eigenvalue weighted by molar-refractivity contribution is -0.387. The van der Waals surface area contributed by atoms with E-state index in [1.807, 2.05) is 18.2 Å². The number of hydrogen-bond acceptors (Lipinski definition) is 4. The van der Waals surface area contributed by atoms with Crippen LogP contribution in [0.5, 0.6) is 5.75 Å². The highest BCUT2D eigenvalue weighted by Crippen LogP contribution is 2.41. The van der Waals surface area contributed by atoms with Crippen LogP contribution < -0.4 is 4.74 Å². The predicted octanol–water partition coefficient (Wildman–Crippen LogP) is 4.41. The first-order valence-electron chi connectivity index (χ1n) is 5.37. The van der Waals surface area contributed by atoms with Crippen molar-refractivity contribution in [3.8, 4) is 5.75 Å². The Labute approximate surface area is 119 Å². The highest BCUT2D eigenvalue weighted by Gasteiger charge is 2.20. The first-order valence-corrected chi connectivity index (χ1v) is 6.56. The largest absolute Gasteiger partial charge is 0.496 e. The molecule has 98 valence electrons. The van der Waals surface area contributed by atoms with Crippen molar-refractivity contribution in [3.05, 3.63) is 57.6 Å². The van der Waals surface area contributed by atoms with Crippen molar-refractivity contribution in [3.63, 3.8) is 0 Å². The molecular formula is C13H10ClNO3S. The first kappa shape index (κ1) is 13.7. The molecule has 0 saturated carbocycles. The highest BCUT2D eigenvalue weighted by atomic mass is 35.5. The molecule has 0 aliphatic carbocycles. The molecule has 0 aliphatic heterocycles. The fourth-order valence-electron chi connectivity index (χ4n) is 1.58. The maximum absolute atomic E-state index is 11.1. The van der Waals surface area contributed by atoms with Gasteiger partial charge >= 0.3 is 5.69 Å². The van der Waals surface area contributed by atoms with Gasteiger partial charge in [-0.1, -0.05) is 41.6 Å². The number of rotatable bonds is 4. The molecular weight excluding hydrogens is 286 g/mol. The number of methoxy groups -OCH3 is 1. The molecule has 0 bridgehead atoms. The third-order valence-corrected chi connectivity index (χ3v) is 3.83. The summed E-state index contributed by atoms with van der Waals surface area (Å²) in [4.78, 5) is 11.9. The van der Waals surface area contributed by atoms with Gasteiger partial charge in [-0.25, -0.2) is 0 Å². The van der Waals surface area contributed by atoms with E-state index in [4.69, 9.17) is 16.3 Å². The van der Waals surface area contributed by atoms with Crippen molar-refractivity contribution in [1.29, 1.82) is 0 Å². The van der Waals surface area contributed by atoms with Gasteiger partial charge in [0, 0.05) is 0 Å². The SMILES string of the molecule is COc1ccccc1Sc1cccc(Cl)c1[N+](=O)[O-]. The van der Waals surface area contributed by atoms with E-state index in [2.05, 4.69) is 0 Å². The van der Waals surface area contributed by atoms with Crippen molar-refractivity contribution in [2.45, 2.75) is 9.79 Å². The van der Waals surface area contributed by atoms with E-state index in [9.17, 15) is 10.1 Å². The maximum atomic E-state index is 11.1. The van der Waals surface area contributed by atoms with Crippen molar-refractivity contribution >= 4 is 29.1 Å². The molecule has 19 heavy (non-hydrogen) atoms. The van der Waals surface area contributed by atoms with Crippen molar-refractivity contribution in [1.82, 2.24) is 0 Å². The fraction of sp³-hybridized carbons (Fsp3) is 0.0769. The van der Waals surface area contributed by atoms with Gasteiger partial charge in [0.1, 0.15) is 10.8 Å². The number of para-hydroxylation sites is 2. The standard InChI is InChI=1S/C13H10ClNO3S/c1-18-10-6-2-3-7-11(10)19-12-8-4-5-9(14)13(12)15(16)17/h2-8H,1H3. The second kappa shape index (κ2) is 5.95. The van der Waals surface area contributed by atoms with Gasteiger partial charge in [-0.15, -0.1) is 0 Å². The predicted molar refractivity (Wildman–Crippen MR) is 75.2 cm³/mol. The topological polar surface area (TPSA) is 52.4 Å². The Hall–Kier alpha value is -1.72. The number of ether oxygens (including phenoxy) is 1. The molecule has 0 aromatic heterocycles. The molecule has 2 rings (SSSR count). The number of nitrogens with zero attached hydrogens (tertiary/aromatic N) is 1. The summed E-state index contributed by atoms with van der Waals surface area (Å²) < 4.78 is 5.22. The Morgan fingerprint density at radius 2 is 1.84 bits per heavy atom. The van der Waals surface area contributed by atoms with Crippen LogP contribution in [0.1, 0.15) is 0 Å². The van der Waals surface area contributed by atoms with Gasteiger partial charge in [-0.05, 0) is 24.3 Å². The van der Waals surface area contributed by atoms with Crippen LogP contribution in [0.3, 0.4) is 0 Å². The number of nitro groups is 1. The van der Waals surface area contributed by atoms with E-state index in [1.165, 1.54) is 17.8 Å². The second-order valence-electron chi connectivity index (χ2n) is 3.60. The van der Waals surface area contributed by atoms with Crippen LogP contribution in [0.4, 0.5) is 5.69 Å². The van der Waals surface area contributed by atoms with Crippen LogP contribution in [0, 0.1) is 10.1 Å². The van der Waals surface area contributed by atoms with Crippen LogP contribution >= 0.6 is 23.4 Å². The monoisotopic (exact) mass is 295 g/mol. The summed E-state index contributed by atoms with van der Waals surface area (Å²) in [5.41, 5.74) is -0.0833. The summed E-state index contributed by atoms with van der Waals surface area (Å²) in [6, 6.07) is 12.2. The molecule has 0 unspecified atom stereocenters. The summed E-state index contributed by atoms with van der Waals surface area (Å²) in [5.74, 6) is 0.668. The number of halogens is 1. The van der Waals surface area contributed by atoms with Gasteiger partial charge in [0.15, 0.2) is 0 Å². The molecule has 0 N–H and O–H groups in total. The lowest BCUT2D eigenvalue weighted by Gasteiger charge is -2.08. The van der Waals surface area contributed by atoms with Crippen LogP contribution in [0.2, 0.25) is 5.02 Å². The van der Waals surface area contributed by atoms with Crippen LogP contribution in [-0.2, 0) is 0 Å². The summed E-state index contributed by atoms with van der Waals surface area (Å²) >= 11 is 7.13. The van der Waals surface area contributed by atoms with Crippen molar-refractivity contribution < 1.29 is 9.66 Å². The Morgan fingerprint density at radius 1 is 1.16 bits per heavy atom. The average molecular weight is 296 g/mol. The zero-order valence-electron chi connectivity index (χ0n) is 10.00. The molecule has 0 heterocycles. The third kappa shape index (κ3) is 3.00. The van der Waals surface area contributed by atoms with Crippen LogP contribution in [0.15, 0.2) is 52.3 Å². The third-order valence-electron chi connectivity index (χ3n) is 2.42. The smallest absolute Gasteiger partial charge is 0.301 e. The molecule has 0 fully saturated rings. The molecule has 2 aromatic rings. The summed E-state index contributed by atoms with van der Waals surface area (Å²) in [6.07, 6.45) is 0.